The summed E-state index contributed by atoms with van der Waals surface area (Å²) in [6, 6.07) is 0. The molecule has 0 amide bonds. The molecule has 0 saturated heterocycles. The third kappa shape index (κ3) is 2.38. The van der Waals surface area contributed by atoms with Crippen LogP contribution in [0.2, 0.25) is 0 Å². The average Bonchev–Trinajstić information content (AvgIpc) is 2.44. The van der Waals surface area contributed by atoms with Crippen molar-refractivity contribution in [3.05, 3.63) is 0 Å². The Hall–Kier alpha value is -0.0400. The van der Waals surface area contributed by atoms with Gasteiger partial charge in [0.15, 0.2) is 0 Å². The van der Waals surface area contributed by atoms with Gasteiger partial charge in [-0.1, -0.05) is 33.1 Å². The van der Waals surface area contributed by atoms with Gasteiger partial charge in [0.05, 0.1) is 6.10 Å². The van der Waals surface area contributed by atoms with Crippen LogP contribution in [-0.2, 0) is 0 Å². The third-order valence-corrected chi connectivity index (χ3v) is 7.94. The monoisotopic (exact) mass is 290 g/mol. The fourth-order valence-electron chi connectivity index (χ4n) is 7.56. The molecule has 3 atom stereocenters. The summed E-state index contributed by atoms with van der Waals surface area (Å²) >= 11 is 0. The molecule has 120 valence electrons. The Morgan fingerprint density at radius 3 is 2.14 bits per heavy atom. The minimum Gasteiger partial charge on any atom is -0.392 e. The molecule has 0 aromatic heterocycles. The summed E-state index contributed by atoms with van der Waals surface area (Å²) in [6.45, 7) is 4.86. The Morgan fingerprint density at radius 2 is 1.62 bits per heavy atom. The lowest BCUT2D eigenvalue weighted by Crippen LogP contribution is -2.57. The maximum Gasteiger partial charge on any atom is 0.0624 e. The van der Waals surface area contributed by atoms with Crippen molar-refractivity contribution in [2.24, 2.45) is 34.5 Å². The number of rotatable bonds is 3. The van der Waals surface area contributed by atoms with E-state index >= 15 is 0 Å². The van der Waals surface area contributed by atoms with Crippen molar-refractivity contribution in [3.63, 3.8) is 0 Å². The second-order valence-electron chi connectivity index (χ2n) is 9.77. The summed E-state index contributed by atoms with van der Waals surface area (Å²) in [5.41, 5.74) is 0.897. The molecule has 0 heterocycles. The van der Waals surface area contributed by atoms with Gasteiger partial charge in [0, 0.05) is 0 Å². The van der Waals surface area contributed by atoms with Crippen LogP contribution in [-0.4, -0.2) is 11.2 Å². The van der Waals surface area contributed by atoms with Gasteiger partial charge in [-0.05, 0) is 85.9 Å². The molecule has 1 heteroatoms. The van der Waals surface area contributed by atoms with Crippen molar-refractivity contribution in [3.8, 4) is 0 Å². The summed E-state index contributed by atoms with van der Waals surface area (Å²) in [6.07, 6.45) is 15.1. The van der Waals surface area contributed by atoms with Gasteiger partial charge in [-0.15, -0.1) is 0 Å². The average molecular weight is 290 g/mol. The highest BCUT2D eigenvalue weighted by molar-refractivity contribution is 5.09. The zero-order chi connectivity index (χ0) is 14.7. The summed E-state index contributed by atoms with van der Waals surface area (Å²) < 4.78 is 0. The molecule has 0 aromatic rings. The fraction of sp³-hybridized carbons (Fsp3) is 1.00. The topological polar surface area (TPSA) is 20.2 Å². The van der Waals surface area contributed by atoms with Crippen LogP contribution in [0.25, 0.3) is 0 Å². The van der Waals surface area contributed by atoms with Crippen LogP contribution in [0.3, 0.4) is 0 Å². The van der Waals surface area contributed by atoms with Crippen molar-refractivity contribution in [2.75, 3.05) is 0 Å². The van der Waals surface area contributed by atoms with Gasteiger partial charge in [0.25, 0.3) is 0 Å². The van der Waals surface area contributed by atoms with Crippen LogP contribution in [0.5, 0.6) is 0 Å². The largest absolute Gasteiger partial charge is 0.392 e. The minimum atomic E-state index is 0.0144. The van der Waals surface area contributed by atoms with E-state index in [0.29, 0.717) is 16.7 Å². The van der Waals surface area contributed by atoms with Gasteiger partial charge in [0.2, 0.25) is 0 Å². The van der Waals surface area contributed by atoms with Gasteiger partial charge in [0.1, 0.15) is 0 Å². The van der Waals surface area contributed by atoms with E-state index in [9.17, 15) is 5.11 Å². The quantitative estimate of drug-likeness (QED) is 0.760. The smallest absolute Gasteiger partial charge is 0.0624 e. The first-order valence-corrected chi connectivity index (χ1v) is 9.70. The highest BCUT2D eigenvalue weighted by atomic mass is 16.3. The molecule has 1 nitrogen and oxygen atoms in total. The minimum absolute atomic E-state index is 0.0144. The van der Waals surface area contributed by atoms with E-state index < -0.39 is 0 Å². The first-order valence-electron chi connectivity index (χ1n) is 9.70. The van der Waals surface area contributed by atoms with Crippen LogP contribution in [0, 0.1) is 34.5 Å². The Labute approximate surface area is 130 Å². The predicted octanol–water partition coefficient (Wildman–Crippen LogP) is 5.17. The molecule has 3 unspecified atom stereocenters. The zero-order valence-electron chi connectivity index (χ0n) is 14.1. The van der Waals surface area contributed by atoms with Gasteiger partial charge in [-0.2, -0.15) is 0 Å². The molecule has 21 heavy (non-hydrogen) atoms. The molecule has 5 aliphatic rings. The molecular formula is C20H34O. The molecule has 5 rings (SSSR count). The normalized spacial score (nSPS) is 53.9. The third-order valence-electron chi connectivity index (χ3n) is 7.94. The van der Waals surface area contributed by atoms with E-state index in [1.54, 1.807) is 0 Å². The highest BCUT2D eigenvalue weighted by Gasteiger charge is 2.59. The van der Waals surface area contributed by atoms with E-state index in [1.807, 2.05) is 0 Å². The van der Waals surface area contributed by atoms with Crippen LogP contribution in [0.4, 0.5) is 0 Å². The lowest BCUT2D eigenvalue weighted by molar-refractivity contribution is -0.170. The van der Waals surface area contributed by atoms with Gasteiger partial charge in [-0.25, -0.2) is 0 Å². The van der Waals surface area contributed by atoms with Crippen LogP contribution in [0.1, 0.15) is 84.5 Å². The van der Waals surface area contributed by atoms with Gasteiger partial charge >= 0.3 is 0 Å². The van der Waals surface area contributed by atoms with Gasteiger partial charge < -0.3 is 5.11 Å². The molecule has 5 saturated carbocycles. The molecule has 5 fully saturated rings. The molecule has 4 bridgehead atoms. The van der Waals surface area contributed by atoms with Crippen molar-refractivity contribution in [1.82, 2.24) is 0 Å². The maximum atomic E-state index is 11.3. The van der Waals surface area contributed by atoms with Gasteiger partial charge in [-0.3, -0.25) is 0 Å². The number of aliphatic hydroxyl groups excluding tert-OH is 1. The molecule has 0 aromatic carbocycles. The summed E-state index contributed by atoms with van der Waals surface area (Å²) in [7, 11) is 0. The predicted molar refractivity (Wildman–Crippen MR) is 87.0 cm³/mol. The standard InChI is InChI=1S/C20H34O/c1-3-14-4-6-17(7-5-14)18(21)20-11-15-8-16(12-20)10-19(2,9-15)13-20/h14-18,21H,3-13H2,1-2H3. The Bertz CT molecular complexity index is 379. The highest BCUT2D eigenvalue weighted by Crippen LogP contribution is 2.67. The molecule has 1 N–H and O–H groups in total. The SMILES string of the molecule is CCC1CCC(C(O)C23CC4CC(CC(C)(C4)C2)C3)CC1. The molecule has 5 aliphatic carbocycles. The molecule has 0 radical (unpaired) electrons. The molecule has 0 aliphatic heterocycles. The summed E-state index contributed by atoms with van der Waals surface area (Å²) in [4.78, 5) is 0. The molecule has 0 spiro atoms. The van der Waals surface area contributed by atoms with E-state index in [1.165, 1.54) is 70.6 Å². The first-order chi connectivity index (χ1) is 10.0. The van der Waals surface area contributed by atoms with E-state index in [-0.39, 0.29) is 6.10 Å². The zero-order valence-corrected chi connectivity index (χ0v) is 14.1. The van der Waals surface area contributed by atoms with Crippen LogP contribution < -0.4 is 0 Å². The Morgan fingerprint density at radius 1 is 1.00 bits per heavy atom. The van der Waals surface area contributed by atoms with Crippen molar-refractivity contribution in [1.29, 1.82) is 0 Å². The van der Waals surface area contributed by atoms with E-state index in [2.05, 4.69) is 13.8 Å². The van der Waals surface area contributed by atoms with Crippen LogP contribution in [0.15, 0.2) is 0 Å². The second kappa shape index (κ2) is 4.98. The number of hydrogen-bond acceptors (Lipinski definition) is 1. The fourth-order valence-corrected chi connectivity index (χ4v) is 7.56. The van der Waals surface area contributed by atoms with Crippen LogP contribution >= 0.6 is 0 Å². The van der Waals surface area contributed by atoms with Crippen molar-refractivity contribution in [2.45, 2.75) is 90.6 Å². The van der Waals surface area contributed by atoms with Crippen molar-refractivity contribution < 1.29 is 5.11 Å². The second-order valence-corrected chi connectivity index (χ2v) is 9.77. The lowest BCUT2D eigenvalue weighted by Gasteiger charge is -2.63. The van der Waals surface area contributed by atoms with E-state index in [4.69, 9.17) is 0 Å². The van der Waals surface area contributed by atoms with E-state index in [0.717, 1.165) is 17.8 Å². The maximum absolute atomic E-state index is 11.3. The Balaban J connectivity index is 1.50. The molecular weight excluding hydrogens is 256 g/mol. The number of hydrogen-bond donors (Lipinski definition) is 1. The lowest BCUT2D eigenvalue weighted by atomic mass is 9.42. The summed E-state index contributed by atoms with van der Waals surface area (Å²) in [5, 5.41) is 11.3. The number of aliphatic hydroxyl groups is 1. The Kier molecular flexibility index (Phi) is 3.45. The summed E-state index contributed by atoms with van der Waals surface area (Å²) in [5.74, 6) is 3.45. The van der Waals surface area contributed by atoms with Crippen molar-refractivity contribution >= 4 is 0 Å². The first kappa shape index (κ1) is 14.5.